The summed E-state index contributed by atoms with van der Waals surface area (Å²) in [5.41, 5.74) is 5.40. The van der Waals surface area contributed by atoms with Crippen molar-refractivity contribution in [1.29, 1.82) is 0 Å². The molecule has 0 fully saturated rings. The average Bonchev–Trinajstić information content (AvgIpc) is 3.50. The Morgan fingerprint density at radius 1 is 0.860 bits per heavy atom. The minimum atomic E-state index is -1.08. The molecule has 5 aromatic rings. The molecule has 1 heterocycles. The number of hydrogen-bond donors (Lipinski definition) is 4. The lowest BCUT2D eigenvalue weighted by molar-refractivity contribution is -0.384. The van der Waals surface area contributed by atoms with Crippen LogP contribution in [0.1, 0.15) is 20.7 Å². The van der Waals surface area contributed by atoms with Crippen molar-refractivity contribution < 1.29 is 32.8 Å². The molecule has 0 bridgehead atoms. The number of fused-ring (bicyclic) bond motifs is 1. The predicted octanol–water partition coefficient (Wildman–Crippen LogP) is 6.08. The van der Waals surface area contributed by atoms with Crippen LogP contribution in [0, 0.1) is 21.7 Å². The van der Waals surface area contributed by atoms with Crippen molar-refractivity contribution in [3.63, 3.8) is 0 Å². The summed E-state index contributed by atoms with van der Waals surface area (Å²) in [5.74, 6) is -3.22. The second-order valence-corrected chi connectivity index (χ2v) is 8.68. The van der Waals surface area contributed by atoms with Crippen molar-refractivity contribution in [2.45, 2.75) is 0 Å². The zero-order chi connectivity index (χ0) is 31.1. The van der Waals surface area contributed by atoms with Gasteiger partial charge in [-0.15, -0.1) is 0 Å². The van der Waals surface area contributed by atoms with E-state index in [2.05, 4.69) is 25.3 Å². The Labute approximate surface area is 242 Å². The SMILES string of the molecule is COC(=O)c1cc([N+](=O)[O-])c(N)c(F)c1Nc1ccccc1.COC(=O)c1cc2[nH]cnc2c(F)c1Nc1ccccc1. The predicted molar refractivity (Wildman–Crippen MR) is 156 cm³/mol. The third kappa shape index (κ3) is 6.48. The van der Waals surface area contributed by atoms with Crippen molar-refractivity contribution in [3.05, 3.63) is 112 Å². The molecule has 12 nitrogen and oxygen atoms in total. The van der Waals surface area contributed by atoms with Crippen molar-refractivity contribution in [2.24, 2.45) is 0 Å². The largest absolute Gasteiger partial charge is 0.465 e. The zero-order valence-corrected chi connectivity index (χ0v) is 22.7. The van der Waals surface area contributed by atoms with E-state index in [9.17, 15) is 28.5 Å². The molecule has 220 valence electrons. The number of carbonyl (C=O) groups is 2. The number of benzene rings is 4. The maximum Gasteiger partial charge on any atom is 0.340 e. The van der Waals surface area contributed by atoms with Gasteiger partial charge in [0.05, 0.1) is 53.5 Å². The van der Waals surface area contributed by atoms with Crippen LogP contribution in [0.25, 0.3) is 11.0 Å². The molecule has 14 heteroatoms. The number of aromatic nitrogens is 2. The highest BCUT2D eigenvalue weighted by Gasteiger charge is 2.27. The highest BCUT2D eigenvalue weighted by molar-refractivity contribution is 6.01. The quantitative estimate of drug-likeness (QED) is 0.0752. The van der Waals surface area contributed by atoms with E-state index in [0.717, 1.165) is 13.2 Å². The summed E-state index contributed by atoms with van der Waals surface area (Å²) in [6.45, 7) is 0. The van der Waals surface area contributed by atoms with Crippen LogP contribution in [0.5, 0.6) is 0 Å². The minimum absolute atomic E-state index is 0.0488. The summed E-state index contributed by atoms with van der Waals surface area (Å²) >= 11 is 0. The molecule has 0 saturated heterocycles. The van der Waals surface area contributed by atoms with Crippen LogP contribution in [0.3, 0.4) is 0 Å². The summed E-state index contributed by atoms with van der Waals surface area (Å²) in [5, 5.41) is 16.5. The van der Waals surface area contributed by atoms with Crippen LogP contribution in [-0.2, 0) is 9.47 Å². The van der Waals surface area contributed by atoms with Gasteiger partial charge in [-0.1, -0.05) is 36.4 Å². The molecule has 0 saturated carbocycles. The smallest absolute Gasteiger partial charge is 0.340 e. The monoisotopic (exact) mass is 590 g/mol. The average molecular weight is 591 g/mol. The van der Waals surface area contributed by atoms with E-state index in [1.807, 2.05) is 18.2 Å². The van der Waals surface area contributed by atoms with Gasteiger partial charge in [0.1, 0.15) is 11.2 Å². The fraction of sp³-hybridized carbons (Fsp3) is 0.0690. The number of nitro benzene ring substituents is 1. The van der Waals surface area contributed by atoms with Crippen LogP contribution in [0.2, 0.25) is 0 Å². The second kappa shape index (κ2) is 13.1. The number of imidazole rings is 1. The minimum Gasteiger partial charge on any atom is -0.465 e. The molecule has 1 aromatic heterocycles. The third-order valence-electron chi connectivity index (χ3n) is 6.03. The number of anilines is 5. The maximum absolute atomic E-state index is 14.6. The van der Waals surface area contributed by atoms with E-state index in [1.165, 1.54) is 19.5 Å². The Bertz CT molecular complexity index is 1800. The third-order valence-corrected chi connectivity index (χ3v) is 6.03. The van der Waals surface area contributed by atoms with Crippen molar-refractivity contribution >= 4 is 57.1 Å². The lowest BCUT2D eigenvalue weighted by Gasteiger charge is -2.13. The number of rotatable bonds is 7. The molecular formula is C29H24F2N6O6. The molecule has 43 heavy (non-hydrogen) atoms. The van der Waals surface area contributed by atoms with Gasteiger partial charge in [-0.2, -0.15) is 0 Å². The fourth-order valence-corrected chi connectivity index (χ4v) is 3.96. The first-order valence-corrected chi connectivity index (χ1v) is 12.4. The molecule has 0 aliphatic carbocycles. The molecule has 4 aromatic carbocycles. The Hall–Kier alpha value is -6.05. The van der Waals surface area contributed by atoms with E-state index >= 15 is 0 Å². The first-order chi connectivity index (χ1) is 20.7. The van der Waals surface area contributed by atoms with Crippen molar-refractivity contribution in [2.75, 3.05) is 30.6 Å². The van der Waals surface area contributed by atoms with Crippen LogP contribution in [0.15, 0.2) is 79.1 Å². The normalized spacial score (nSPS) is 10.3. The van der Waals surface area contributed by atoms with Gasteiger partial charge < -0.3 is 30.8 Å². The van der Waals surface area contributed by atoms with E-state index < -0.39 is 39.9 Å². The highest BCUT2D eigenvalue weighted by atomic mass is 19.1. The molecule has 0 amide bonds. The Morgan fingerprint density at radius 3 is 1.84 bits per heavy atom. The molecule has 5 N–H and O–H groups in total. The number of nitrogens with zero attached hydrogens (tertiary/aromatic N) is 2. The van der Waals surface area contributed by atoms with E-state index in [1.54, 1.807) is 42.5 Å². The summed E-state index contributed by atoms with van der Waals surface area (Å²) < 4.78 is 38.2. The number of nitrogens with one attached hydrogen (secondary N) is 3. The Balaban J connectivity index is 0.000000197. The van der Waals surface area contributed by atoms with Crippen LogP contribution in [-0.4, -0.2) is 41.0 Å². The maximum atomic E-state index is 14.6. The van der Waals surface area contributed by atoms with Crippen molar-refractivity contribution in [3.8, 4) is 0 Å². The molecule has 0 aliphatic rings. The van der Waals surface area contributed by atoms with Crippen LogP contribution in [0.4, 0.5) is 42.9 Å². The van der Waals surface area contributed by atoms with E-state index in [0.29, 0.717) is 16.9 Å². The molecule has 0 unspecified atom stereocenters. The van der Waals surface area contributed by atoms with E-state index in [4.69, 9.17) is 10.5 Å². The summed E-state index contributed by atoms with van der Waals surface area (Å²) in [7, 11) is 2.35. The fourth-order valence-electron chi connectivity index (χ4n) is 3.96. The van der Waals surface area contributed by atoms with E-state index in [-0.39, 0.29) is 28.0 Å². The molecular weight excluding hydrogens is 566 g/mol. The number of para-hydroxylation sites is 2. The number of halogens is 2. The van der Waals surface area contributed by atoms with Crippen LogP contribution < -0.4 is 16.4 Å². The lowest BCUT2D eigenvalue weighted by Crippen LogP contribution is -2.11. The first kappa shape index (κ1) is 29.9. The van der Waals surface area contributed by atoms with Gasteiger partial charge in [-0.25, -0.2) is 23.4 Å². The Kier molecular flexibility index (Phi) is 9.10. The second-order valence-electron chi connectivity index (χ2n) is 8.68. The van der Waals surface area contributed by atoms with Gasteiger partial charge in [-0.3, -0.25) is 10.1 Å². The topological polar surface area (TPSA) is 174 Å². The van der Waals surface area contributed by atoms with Gasteiger partial charge in [0.2, 0.25) is 0 Å². The molecule has 0 atom stereocenters. The van der Waals surface area contributed by atoms with Gasteiger partial charge in [0.25, 0.3) is 5.69 Å². The number of ether oxygens (including phenoxy) is 2. The molecule has 0 radical (unpaired) electrons. The molecule has 0 spiro atoms. The zero-order valence-electron chi connectivity index (χ0n) is 22.7. The number of aromatic amines is 1. The summed E-state index contributed by atoms with van der Waals surface area (Å²) in [6, 6.07) is 19.8. The van der Waals surface area contributed by atoms with Gasteiger partial charge >= 0.3 is 11.9 Å². The number of carbonyl (C=O) groups excluding carboxylic acids is 2. The van der Waals surface area contributed by atoms with Crippen molar-refractivity contribution in [1.82, 2.24) is 9.97 Å². The number of H-pyrrole nitrogens is 1. The number of esters is 2. The highest BCUT2D eigenvalue weighted by Crippen LogP contribution is 2.35. The lowest BCUT2D eigenvalue weighted by atomic mass is 10.1. The number of methoxy groups -OCH3 is 2. The summed E-state index contributed by atoms with van der Waals surface area (Å²) in [6.07, 6.45) is 1.38. The number of hydrogen-bond acceptors (Lipinski definition) is 10. The van der Waals surface area contributed by atoms with Gasteiger partial charge in [-0.05, 0) is 30.3 Å². The van der Waals surface area contributed by atoms with Gasteiger partial charge in [0, 0.05) is 17.4 Å². The number of nitro groups is 1. The summed E-state index contributed by atoms with van der Waals surface area (Å²) in [4.78, 5) is 40.4. The molecule has 5 rings (SSSR count). The number of nitrogens with two attached hydrogens (primary N) is 1. The Morgan fingerprint density at radius 2 is 1.35 bits per heavy atom. The first-order valence-electron chi connectivity index (χ1n) is 12.4. The van der Waals surface area contributed by atoms with Crippen LogP contribution >= 0.6 is 0 Å². The van der Waals surface area contributed by atoms with Gasteiger partial charge in [0.15, 0.2) is 11.6 Å². The standard InChI is InChI=1S/C15H12FN3O2.C14H12FN3O4/c1-21-15(20)10-7-11-14(18-8-17-11)12(16)13(10)19-9-5-3-2-4-6-9;1-22-14(19)9-7-10(18(20)21)12(16)11(15)13(9)17-8-5-3-2-4-6-8/h2-8,19H,1H3,(H,17,18);2-7,17H,16H2,1H3. The number of nitrogen functional groups attached to an aromatic ring is 1. The molecule has 0 aliphatic heterocycles.